The van der Waals surface area contributed by atoms with Crippen molar-refractivity contribution in [2.75, 3.05) is 26.4 Å². The Balaban J connectivity index is 1.97. The van der Waals surface area contributed by atoms with E-state index in [4.69, 9.17) is 25.7 Å². The molecule has 2 rings (SSSR count). The molecule has 0 saturated heterocycles. The van der Waals surface area contributed by atoms with Crippen molar-refractivity contribution in [2.45, 2.75) is 32.3 Å². The molecule has 9 heteroatoms. The van der Waals surface area contributed by atoms with Crippen LogP contribution < -0.4 is 10.2 Å². The molecule has 1 atom stereocenters. The summed E-state index contributed by atoms with van der Waals surface area (Å²) in [6.45, 7) is 3.39. The first-order valence-corrected chi connectivity index (χ1v) is 8.40. The zero-order chi connectivity index (χ0) is 17.5. The molecular weight excluding hydrogens is 336 g/mol. The van der Waals surface area contributed by atoms with Crippen LogP contribution in [0.25, 0.3) is 0 Å². The van der Waals surface area contributed by atoms with E-state index in [1.807, 2.05) is 0 Å². The van der Waals surface area contributed by atoms with Gasteiger partial charge in [-0.3, -0.25) is 10.1 Å². The number of ether oxygens (including phenoxy) is 2. The highest BCUT2D eigenvalue weighted by molar-refractivity contribution is 6.63. The molecule has 1 aromatic rings. The zero-order valence-corrected chi connectivity index (χ0v) is 14.3. The monoisotopic (exact) mass is 357 g/mol. The second-order valence-electron chi connectivity index (χ2n) is 5.57. The van der Waals surface area contributed by atoms with Crippen LogP contribution in [0.1, 0.15) is 37.9 Å². The van der Waals surface area contributed by atoms with Crippen LogP contribution in [0.2, 0.25) is 5.02 Å². The van der Waals surface area contributed by atoms with Gasteiger partial charge in [-0.15, -0.1) is 0 Å². The summed E-state index contributed by atoms with van der Waals surface area (Å²) in [6.07, 6.45) is 1.99. The van der Waals surface area contributed by atoms with E-state index in [1.54, 1.807) is 12.1 Å². The van der Waals surface area contributed by atoms with Crippen LogP contribution in [0.15, 0.2) is 12.1 Å². The Morgan fingerprint density at radius 3 is 2.83 bits per heavy atom. The maximum Gasteiger partial charge on any atom is 0.496 e. The van der Waals surface area contributed by atoms with Crippen LogP contribution in [-0.4, -0.2) is 43.4 Å². The summed E-state index contributed by atoms with van der Waals surface area (Å²) in [5.74, 6) is 0.393. The summed E-state index contributed by atoms with van der Waals surface area (Å²) in [5, 5.41) is 21.2. The molecule has 1 N–H and O–H groups in total. The van der Waals surface area contributed by atoms with E-state index < -0.39 is 24.7 Å². The van der Waals surface area contributed by atoms with Gasteiger partial charge >= 0.3 is 7.12 Å². The minimum Gasteiger partial charge on any atom is -0.494 e. The van der Waals surface area contributed by atoms with Gasteiger partial charge in [0.05, 0.1) is 6.61 Å². The summed E-state index contributed by atoms with van der Waals surface area (Å²) in [5.41, 5.74) is 0.916. The number of fused-ring (bicyclic) bond motifs is 1. The lowest BCUT2D eigenvalue weighted by Gasteiger charge is -2.12. The van der Waals surface area contributed by atoms with Gasteiger partial charge in [0.2, 0.25) is 6.54 Å². The van der Waals surface area contributed by atoms with Crippen LogP contribution in [-0.2, 0) is 9.39 Å². The Kier molecular flexibility index (Phi) is 7.29. The van der Waals surface area contributed by atoms with E-state index in [1.165, 1.54) is 0 Å². The Morgan fingerprint density at radius 2 is 2.12 bits per heavy atom. The van der Waals surface area contributed by atoms with Gasteiger partial charge in [-0.1, -0.05) is 24.9 Å². The van der Waals surface area contributed by atoms with Crippen LogP contribution in [0, 0.1) is 10.1 Å². The number of benzene rings is 1. The Bertz CT molecular complexity index is 573. The molecule has 1 aromatic carbocycles. The lowest BCUT2D eigenvalue weighted by Crippen LogP contribution is -2.30. The van der Waals surface area contributed by atoms with Gasteiger partial charge in [-0.05, 0) is 24.1 Å². The van der Waals surface area contributed by atoms with Crippen molar-refractivity contribution in [1.29, 1.82) is 0 Å². The van der Waals surface area contributed by atoms with E-state index in [0.29, 0.717) is 41.4 Å². The number of hydrogen-bond donors (Lipinski definition) is 1. The second kappa shape index (κ2) is 9.22. The number of halogens is 1. The van der Waals surface area contributed by atoms with E-state index in [9.17, 15) is 15.1 Å². The highest BCUT2D eigenvalue weighted by atomic mass is 35.5. The SMILES string of the molecule is CCCCOCCCOc1cc(Cl)cc2c1B(O)OC2C[N+](=O)[O-]. The van der Waals surface area contributed by atoms with E-state index in [-0.39, 0.29) is 0 Å². The van der Waals surface area contributed by atoms with Crippen molar-refractivity contribution >= 4 is 24.2 Å². The summed E-state index contributed by atoms with van der Waals surface area (Å²) < 4.78 is 16.4. The van der Waals surface area contributed by atoms with Gasteiger partial charge in [0.25, 0.3) is 0 Å². The molecule has 1 unspecified atom stereocenters. The van der Waals surface area contributed by atoms with Crippen molar-refractivity contribution in [3.63, 3.8) is 0 Å². The van der Waals surface area contributed by atoms with Gasteiger partial charge in [0.1, 0.15) is 11.9 Å². The third kappa shape index (κ3) is 5.07. The summed E-state index contributed by atoms with van der Waals surface area (Å²) >= 11 is 6.06. The van der Waals surface area contributed by atoms with Gasteiger partial charge < -0.3 is 19.2 Å². The fourth-order valence-corrected chi connectivity index (χ4v) is 2.75. The van der Waals surface area contributed by atoms with Crippen molar-refractivity contribution in [3.05, 3.63) is 32.8 Å². The van der Waals surface area contributed by atoms with Gasteiger partial charge in [-0.2, -0.15) is 0 Å². The average Bonchev–Trinajstić information content (AvgIpc) is 2.81. The molecule has 1 aliphatic rings. The lowest BCUT2D eigenvalue weighted by atomic mass is 9.78. The van der Waals surface area contributed by atoms with Crippen molar-refractivity contribution < 1.29 is 24.1 Å². The third-order valence-electron chi connectivity index (χ3n) is 3.67. The molecule has 0 bridgehead atoms. The van der Waals surface area contributed by atoms with Crippen LogP contribution in [0.4, 0.5) is 0 Å². The molecule has 132 valence electrons. The molecule has 1 heterocycles. The molecule has 1 aliphatic heterocycles. The number of rotatable bonds is 10. The highest BCUT2D eigenvalue weighted by Crippen LogP contribution is 2.31. The number of hydrogen-bond acceptors (Lipinski definition) is 6. The average molecular weight is 358 g/mol. The minimum atomic E-state index is -1.25. The van der Waals surface area contributed by atoms with Gasteiger partial charge in [-0.25, -0.2) is 0 Å². The molecule has 7 nitrogen and oxygen atoms in total. The first-order valence-electron chi connectivity index (χ1n) is 8.02. The van der Waals surface area contributed by atoms with Crippen LogP contribution in [0.3, 0.4) is 0 Å². The quantitative estimate of drug-likeness (QED) is 0.298. The highest BCUT2D eigenvalue weighted by Gasteiger charge is 2.40. The summed E-state index contributed by atoms with van der Waals surface area (Å²) in [6, 6.07) is 3.15. The Morgan fingerprint density at radius 1 is 1.38 bits per heavy atom. The fourth-order valence-electron chi connectivity index (χ4n) is 2.53. The fraction of sp³-hybridized carbons (Fsp3) is 0.600. The predicted molar refractivity (Wildman–Crippen MR) is 90.6 cm³/mol. The first kappa shape index (κ1) is 19.0. The smallest absolute Gasteiger partial charge is 0.494 e. The predicted octanol–water partition coefficient (Wildman–Crippen LogP) is 1.96. The summed E-state index contributed by atoms with van der Waals surface area (Å²) in [7, 11) is -1.25. The van der Waals surface area contributed by atoms with Crippen LogP contribution >= 0.6 is 11.6 Å². The Hall–Kier alpha value is -1.35. The molecule has 24 heavy (non-hydrogen) atoms. The minimum absolute atomic E-state index is 0.383. The molecule has 0 saturated carbocycles. The number of nitro groups is 1. The van der Waals surface area contributed by atoms with Crippen molar-refractivity contribution in [1.82, 2.24) is 0 Å². The van der Waals surface area contributed by atoms with E-state index >= 15 is 0 Å². The maximum absolute atomic E-state index is 10.7. The lowest BCUT2D eigenvalue weighted by molar-refractivity contribution is -0.490. The standard InChI is InChI=1S/C15H21BClNO6/c1-2-3-5-22-6-4-7-23-13-9-11(17)8-12-14(10-18(20)21)24-16(19)15(12)13/h8-9,14,19H,2-7,10H2,1H3. The molecule has 0 aliphatic carbocycles. The van der Waals surface area contributed by atoms with Crippen molar-refractivity contribution in [3.8, 4) is 5.75 Å². The molecular formula is C15H21BClNO6. The first-order chi connectivity index (χ1) is 11.5. The number of unbranched alkanes of at least 4 members (excludes halogenated alkanes) is 1. The molecule has 0 radical (unpaired) electrons. The summed E-state index contributed by atoms with van der Waals surface area (Å²) in [4.78, 5) is 10.2. The normalized spacial score (nSPS) is 16.3. The molecule has 0 amide bonds. The molecule has 0 fully saturated rings. The van der Waals surface area contributed by atoms with Crippen LogP contribution in [0.5, 0.6) is 5.75 Å². The number of nitrogens with zero attached hydrogens (tertiary/aromatic N) is 1. The van der Waals surface area contributed by atoms with E-state index in [2.05, 4.69) is 6.92 Å². The van der Waals surface area contributed by atoms with Crippen molar-refractivity contribution in [2.24, 2.45) is 0 Å². The Labute approximate surface area is 146 Å². The maximum atomic E-state index is 10.7. The topological polar surface area (TPSA) is 91.1 Å². The van der Waals surface area contributed by atoms with Gasteiger partial charge in [0, 0.05) is 35.0 Å². The second-order valence-corrected chi connectivity index (χ2v) is 6.00. The zero-order valence-electron chi connectivity index (χ0n) is 13.6. The largest absolute Gasteiger partial charge is 0.496 e. The molecule has 0 aromatic heterocycles. The molecule has 0 spiro atoms. The van der Waals surface area contributed by atoms with Gasteiger partial charge in [0.15, 0.2) is 0 Å². The third-order valence-corrected chi connectivity index (χ3v) is 3.89. The van der Waals surface area contributed by atoms with E-state index in [0.717, 1.165) is 19.4 Å².